The lowest BCUT2D eigenvalue weighted by Crippen LogP contribution is -2.32. The summed E-state index contributed by atoms with van der Waals surface area (Å²) in [4.78, 5) is 22.3. The van der Waals surface area contributed by atoms with Gasteiger partial charge < -0.3 is 10.6 Å². The second-order valence-electron chi connectivity index (χ2n) is 5.71. The van der Waals surface area contributed by atoms with Gasteiger partial charge in [0.2, 0.25) is 6.41 Å². The van der Waals surface area contributed by atoms with Gasteiger partial charge in [-0.05, 0) is 56.1 Å². The Morgan fingerprint density at radius 2 is 2.07 bits per heavy atom. The van der Waals surface area contributed by atoms with Gasteiger partial charge in [0.1, 0.15) is 11.6 Å². The SMILES string of the molecule is CC(NC=O)c1ccc(C#N)cc1F.CCN1Sc2cc(F)ccc2NC1=O. The summed E-state index contributed by atoms with van der Waals surface area (Å²) >= 11 is 1.26. The first-order chi connectivity index (χ1) is 13.4. The van der Waals surface area contributed by atoms with Crippen LogP contribution >= 0.6 is 11.9 Å². The average molecular weight is 404 g/mol. The summed E-state index contributed by atoms with van der Waals surface area (Å²) in [6, 6.07) is 9.78. The molecule has 1 aliphatic rings. The van der Waals surface area contributed by atoms with E-state index in [1.54, 1.807) is 17.3 Å². The number of urea groups is 1. The molecule has 3 rings (SSSR count). The quantitative estimate of drug-likeness (QED) is 0.591. The van der Waals surface area contributed by atoms with Crippen molar-refractivity contribution in [1.82, 2.24) is 9.62 Å². The Morgan fingerprint density at radius 3 is 2.68 bits per heavy atom. The maximum absolute atomic E-state index is 13.3. The lowest BCUT2D eigenvalue weighted by atomic mass is 10.1. The Kier molecular flexibility index (Phi) is 7.35. The highest BCUT2D eigenvalue weighted by Crippen LogP contribution is 2.35. The summed E-state index contributed by atoms with van der Waals surface area (Å²) in [5, 5.41) is 13.6. The lowest BCUT2D eigenvalue weighted by Gasteiger charge is -2.26. The summed E-state index contributed by atoms with van der Waals surface area (Å²) in [7, 11) is 0. The van der Waals surface area contributed by atoms with Crippen LogP contribution in [-0.2, 0) is 4.79 Å². The van der Waals surface area contributed by atoms with Crippen molar-refractivity contribution < 1.29 is 18.4 Å². The number of carbonyl (C=O) groups is 2. The number of nitrogens with one attached hydrogen (secondary N) is 2. The Labute approximate surface area is 165 Å². The van der Waals surface area contributed by atoms with Gasteiger partial charge in [0, 0.05) is 12.1 Å². The zero-order valence-electron chi connectivity index (χ0n) is 15.2. The van der Waals surface area contributed by atoms with E-state index in [4.69, 9.17) is 5.26 Å². The molecule has 0 saturated heterocycles. The molecule has 3 amide bonds. The van der Waals surface area contributed by atoms with Crippen molar-refractivity contribution in [2.75, 3.05) is 11.9 Å². The second-order valence-corrected chi connectivity index (χ2v) is 6.77. The lowest BCUT2D eigenvalue weighted by molar-refractivity contribution is -0.110. The van der Waals surface area contributed by atoms with Crippen LogP contribution < -0.4 is 10.6 Å². The van der Waals surface area contributed by atoms with E-state index < -0.39 is 5.82 Å². The number of nitriles is 1. The van der Waals surface area contributed by atoms with Gasteiger partial charge in [-0.1, -0.05) is 6.07 Å². The Bertz CT molecular complexity index is 917. The van der Waals surface area contributed by atoms with Gasteiger partial charge in [0.05, 0.1) is 28.3 Å². The van der Waals surface area contributed by atoms with Crippen molar-refractivity contribution in [1.29, 1.82) is 5.26 Å². The van der Waals surface area contributed by atoms with E-state index in [1.807, 2.05) is 13.0 Å². The van der Waals surface area contributed by atoms with Crippen molar-refractivity contribution in [2.24, 2.45) is 0 Å². The molecule has 0 saturated carbocycles. The van der Waals surface area contributed by atoms with Crippen molar-refractivity contribution in [3.63, 3.8) is 0 Å². The van der Waals surface area contributed by atoms with E-state index in [-0.39, 0.29) is 23.5 Å². The first-order valence-corrected chi connectivity index (χ1v) is 9.12. The number of halogens is 2. The number of hydrogen-bond donors (Lipinski definition) is 2. The molecular formula is C19H18F2N4O2S. The van der Waals surface area contributed by atoms with Crippen LogP contribution in [0.1, 0.15) is 31.0 Å². The standard InChI is InChI=1S/C10H9FN2O.C9H9FN2OS/c1-7(13-6-14)9-3-2-8(5-12)4-10(9)11;1-2-12-9(13)11-7-4-3-6(10)5-8(7)14-12/h2-4,6-7H,1H3,(H,13,14);3-5H,2H2,1H3,(H,11,13). The van der Waals surface area contributed by atoms with Crippen molar-refractivity contribution in [2.45, 2.75) is 24.8 Å². The predicted octanol–water partition coefficient (Wildman–Crippen LogP) is 4.20. The van der Waals surface area contributed by atoms with E-state index in [9.17, 15) is 18.4 Å². The molecular weight excluding hydrogens is 386 g/mol. The summed E-state index contributed by atoms with van der Waals surface area (Å²) in [5.74, 6) is -0.769. The molecule has 2 aromatic rings. The number of hydrogen-bond acceptors (Lipinski definition) is 4. The molecule has 0 aliphatic carbocycles. The monoisotopic (exact) mass is 404 g/mol. The number of anilines is 1. The van der Waals surface area contributed by atoms with Crippen LogP contribution in [-0.4, -0.2) is 23.3 Å². The molecule has 6 nitrogen and oxygen atoms in total. The molecule has 1 atom stereocenters. The van der Waals surface area contributed by atoms with Gasteiger partial charge in [0.25, 0.3) is 0 Å². The normalized spacial score (nSPS) is 13.2. The zero-order chi connectivity index (χ0) is 20.7. The van der Waals surface area contributed by atoms with Gasteiger partial charge in [-0.2, -0.15) is 5.26 Å². The molecule has 0 bridgehead atoms. The number of carbonyl (C=O) groups excluding carboxylic acids is 2. The topological polar surface area (TPSA) is 85.2 Å². The summed E-state index contributed by atoms with van der Waals surface area (Å²) < 4.78 is 27.7. The summed E-state index contributed by atoms with van der Waals surface area (Å²) in [5.41, 5.74) is 1.31. The third-order valence-corrected chi connectivity index (χ3v) is 5.00. The molecule has 1 heterocycles. The fraction of sp³-hybridized carbons (Fsp3) is 0.211. The Hall–Kier alpha value is -3.12. The zero-order valence-corrected chi connectivity index (χ0v) is 16.0. The highest BCUT2D eigenvalue weighted by molar-refractivity contribution is 7.97. The van der Waals surface area contributed by atoms with Crippen molar-refractivity contribution in [3.8, 4) is 6.07 Å². The maximum atomic E-state index is 13.3. The Balaban J connectivity index is 0.000000200. The molecule has 0 aromatic heterocycles. The predicted molar refractivity (Wildman–Crippen MR) is 102 cm³/mol. The molecule has 0 spiro atoms. The number of benzene rings is 2. The number of fused-ring (bicyclic) bond motifs is 1. The third-order valence-electron chi connectivity index (χ3n) is 3.82. The Morgan fingerprint density at radius 1 is 1.32 bits per heavy atom. The third kappa shape index (κ3) is 5.20. The first-order valence-electron chi connectivity index (χ1n) is 8.34. The number of rotatable bonds is 4. The van der Waals surface area contributed by atoms with Gasteiger partial charge in [-0.25, -0.2) is 13.6 Å². The van der Waals surface area contributed by atoms with Gasteiger partial charge in [-0.3, -0.25) is 9.10 Å². The van der Waals surface area contributed by atoms with Gasteiger partial charge in [0.15, 0.2) is 0 Å². The smallest absolute Gasteiger partial charge is 0.332 e. The first kappa shape index (κ1) is 21.2. The fourth-order valence-corrected chi connectivity index (χ4v) is 3.24. The number of nitrogens with zero attached hydrogens (tertiary/aromatic N) is 2. The minimum absolute atomic E-state index is 0.156. The molecule has 1 aliphatic heterocycles. The molecule has 9 heteroatoms. The summed E-state index contributed by atoms with van der Waals surface area (Å²) in [6.07, 6.45) is 0.516. The molecule has 146 valence electrons. The van der Waals surface area contributed by atoms with Crippen LogP contribution in [0.4, 0.5) is 19.3 Å². The van der Waals surface area contributed by atoms with Gasteiger partial charge in [-0.15, -0.1) is 0 Å². The average Bonchev–Trinajstić information content (AvgIpc) is 2.68. The van der Waals surface area contributed by atoms with Crippen LogP contribution in [0.15, 0.2) is 41.3 Å². The van der Waals surface area contributed by atoms with E-state index in [2.05, 4.69) is 10.6 Å². The van der Waals surface area contributed by atoms with Gasteiger partial charge >= 0.3 is 6.03 Å². The highest BCUT2D eigenvalue weighted by atomic mass is 32.2. The molecule has 0 radical (unpaired) electrons. The molecule has 0 fully saturated rings. The van der Waals surface area contributed by atoms with Crippen LogP contribution in [0.25, 0.3) is 0 Å². The van der Waals surface area contributed by atoms with E-state index >= 15 is 0 Å². The minimum atomic E-state index is -0.481. The number of amides is 3. The minimum Gasteiger partial charge on any atom is -0.352 e. The van der Waals surface area contributed by atoms with Crippen molar-refractivity contribution in [3.05, 3.63) is 59.2 Å². The highest BCUT2D eigenvalue weighted by Gasteiger charge is 2.22. The van der Waals surface area contributed by atoms with E-state index in [0.717, 1.165) is 11.0 Å². The molecule has 1 unspecified atom stereocenters. The second kappa shape index (κ2) is 9.71. The van der Waals surface area contributed by atoms with E-state index in [1.165, 1.54) is 36.2 Å². The van der Waals surface area contributed by atoms with Crippen LogP contribution in [0.2, 0.25) is 0 Å². The summed E-state index contributed by atoms with van der Waals surface area (Å²) in [6.45, 7) is 4.13. The van der Waals surface area contributed by atoms with Crippen LogP contribution in [0.3, 0.4) is 0 Å². The maximum Gasteiger partial charge on any atom is 0.332 e. The molecule has 2 N–H and O–H groups in total. The van der Waals surface area contributed by atoms with Crippen LogP contribution in [0, 0.1) is 23.0 Å². The molecule has 28 heavy (non-hydrogen) atoms. The van der Waals surface area contributed by atoms with E-state index in [0.29, 0.717) is 24.2 Å². The largest absolute Gasteiger partial charge is 0.352 e. The van der Waals surface area contributed by atoms with Crippen LogP contribution in [0.5, 0.6) is 0 Å². The fourth-order valence-electron chi connectivity index (χ4n) is 2.36. The molecule has 2 aromatic carbocycles. The van der Waals surface area contributed by atoms with Crippen molar-refractivity contribution >= 4 is 30.1 Å².